The van der Waals surface area contributed by atoms with Crippen molar-refractivity contribution in [2.24, 2.45) is 11.8 Å². The summed E-state index contributed by atoms with van der Waals surface area (Å²) in [7, 11) is -3.73. The Balaban J connectivity index is 2.09. The van der Waals surface area contributed by atoms with Crippen LogP contribution < -0.4 is 4.72 Å². The van der Waals surface area contributed by atoms with E-state index in [-0.39, 0.29) is 16.4 Å². The lowest BCUT2D eigenvalue weighted by Crippen LogP contribution is -2.33. The molecule has 6 nitrogen and oxygen atoms in total. The number of carboxylic acids is 1. The second kappa shape index (κ2) is 6.19. The number of furan rings is 1. The van der Waals surface area contributed by atoms with Gasteiger partial charge in [0.1, 0.15) is 10.7 Å². The van der Waals surface area contributed by atoms with Crippen LogP contribution in [-0.2, 0) is 10.0 Å². The minimum absolute atomic E-state index is 0.0941. The zero-order valence-corrected chi connectivity index (χ0v) is 13.1. The van der Waals surface area contributed by atoms with E-state index in [0.717, 1.165) is 25.3 Å². The minimum Gasteiger partial charge on any atom is -0.475 e. The minimum atomic E-state index is -3.73. The van der Waals surface area contributed by atoms with Gasteiger partial charge in [0, 0.05) is 12.6 Å². The predicted molar refractivity (Wildman–Crippen MR) is 76.7 cm³/mol. The third-order valence-corrected chi connectivity index (χ3v) is 5.73. The van der Waals surface area contributed by atoms with Gasteiger partial charge in [-0.3, -0.25) is 0 Å². The lowest BCUT2D eigenvalue weighted by atomic mass is 9.81. The van der Waals surface area contributed by atoms with Gasteiger partial charge in [0.15, 0.2) is 0 Å². The van der Waals surface area contributed by atoms with Gasteiger partial charge in [0.25, 0.3) is 0 Å². The molecule has 0 saturated heterocycles. The van der Waals surface area contributed by atoms with Crippen molar-refractivity contribution in [1.29, 1.82) is 0 Å². The van der Waals surface area contributed by atoms with E-state index in [1.807, 2.05) is 0 Å². The fourth-order valence-electron chi connectivity index (χ4n) is 2.83. The van der Waals surface area contributed by atoms with Crippen LogP contribution in [0.1, 0.15) is 48.9 Å². The lowest BCUT2D eigenvalue weighted by molar-refractivity contribution is 0.0661. The quantitative estimate of drug-likeness (QED) is 0.869. The average Bonchev–Trinajstić information content (AvgIpc) is 2.81. The SMILES string of the molecule is Cc1oc(C(=O)O)cc1S(=O)(=O)NCC1CCCCC1C. The van der Waals surface area contributed by atoms with Crippen molar-refractivity contribution < 1.29 is 22.7 Å². The highest BCUT2D eigenvalue weighted by atomic mass is 32.2. The summed E-state index contributed by atoms with van der Waals surface area (Å²) in [5.41, 5.74) is 0. The van der Waals surface area contributed by atoms with E-state index >= 15 is 0 Å². The molecule has 1 aliphatic carbocycles. The van der Waals surface area contributed by atoms with E-state index in [2.05, 4.69) is 11.6 Å². The molecule has 1 fully saturated rings. The Bertz CT molecular complexity index is 619. The molecule has 1 heterocycles. The van der Waals surface area contributed by atoms with Crippen molar-refractivity contribution in [1.82, 2.24) is 4.72 Å². The van der Waals surface area contributed by atoms with Gasteiger partial charge >= 0.3 is 5.97 Å². The van der Waals surface area contributed by atoms with Crippen molar-refractivity contribution >= 4 is 16.0 Å². The third-order valence-electron chi connectivity index (χ3n) is 4.20. The normalized spacial score (nSPS) is 23.1. The first kappa shape index (κ1) is 16.0. The Hall–Kier alpha value is -1.34. The van der Waals surface area contributed by atoms with Gasteiger partial charge in [-0.1, -0.05) is 26.2 Å². The molecule has 0 radical (unpaired) electrons. The number of hydrogen-bond acceptors (Lipinski definition) is 4. The van der Waals surface area contributed by atoms with Crippen LogP contribution in [0.3, 0.4) is 0 Å². The summed E-state index contributed by atoms with van der Waals surface area (Å²) >= 11 is 0. The van der Waals surface area contributed by atoms with Crippen molar-refractivity contribution in [3.8, 4) is 0 Å². The fraction of sp³-hybridized carbons (Fsp3) is 0.643. The van der Waals surface area contributed by atoms with Crippen molar-refractivity contribution in [3.63, 3.8) is 0 Å². The summed E-state index contributed by atoms with van der Waals surface area (Å²) in [6.45, 7) is 3.98. The summed E-state index contributed by atoms with van der Waals surface area (Å²) in [6, 6.07) is 1.06. The molecule has 0 aliphatic heterocycles. The molecule has 2 rings (SSSR count). The molecule has 0 spiro atoms. The van der Waals surface area contributed by atoms with Gasteiger partial charge in [-0.05, 0) is 25.2 Å². The van der Waals surface area contributed by atoms with Gasteiger partial charge in [0.2, 0.25) is 15.8 Å². The molecule has 1 saturated carbocycles. The molecule has 2 atom stereocenters. The highest BCUT2D eigenvalue weighted by Gasteiger charge is 2.27. The molecule has 1 aliphatic rings. The molecule has 0 bridgehead atoms. The molecule has 0 aromatic carbocycles. The van der Waals surface area contributed by atoms with Crippen LogP contribution in [0.15, 0.2) is 15.4 Å². The van der Waals surface area contributed by atoms with E-state index in [4.69, 9.17) is 9.52 Å². The van der Waals surface area contributed by atoms with Gasteiger partial charge in [-0.2, -0.15) is 0 Å². The van der Waals surface area contributed by atoms with Crippen molar-refractivity contribution in [2.75, 3.05) is 6.54 Å². The van der Waals surface area contributed by atoms with Crippen LogP contribution in [0.2, 0.25) is 0 Å². The first-order valence-corrected chi connectivity index (χ1v) is 8.63. The Morgan fingerprint density at radius 3 is 2.67 bits per heavy atom. The Labute approximate surface area is 124 Å². The number of hydrogen-bond donors (Lipinski definition) is 2. The van der Waals surface area contributed by atoms with Crippen molar-refractivity contribution in [2.45, 2.75) is 44.4 Å². The second-order valence-electron chi connectivity index (χ2n) is 5.71. The zero-order chi connectivity index (χ0) is 15.6. The van der Waals surface area contributed by atoms with Gasteiger partial charge in [-0.15, -0.1) is 0 Å². The van der Waals surface area contributed by atoms with Crippen LogP contribution in [0, 0.1) is 18.8 Å². The summed E-state index contributed by atoms with van der Waals surface area (Å²) in [6.07, 6.45) is 4.48. The molecular weight excluding hydrogens is 294 g/mol. The number of nitrogens with one attached hydrogen (secondary N) is 1. The van der Waals surface area contributed by atoms with Gasteiger partial charge in [-0.25, -0.2) is 17.9 Å². The Kier molecular flexibility index (Phi) is 4.73. The van der Waals surface area contributed by atoms with Crippen LogP contribution in [0.4, 0.5) is 0 Å². The molecule has 0 amide bonds. The van der Waals surface area contributed by atoms with Crippen molar-refractivity contribution in [3.05, 3.63) is 17.6 Å². The molecule has 2 N–H and O–H groups in total. The molecule has 118 valence electrons. The maximum absolute atomic E-state index is 12.3. The summed E-state index contributed by atoms with van der Waals surface area (Å²) in [4.78, 5) is 10.7. The van der Waals surface area contributed by atoms with E-state index in [1.165, 1.54) is 13.3 Å². The topological polar surface area (TPSA) is 96.6 Å². The highest BCUT2D eigenvalue weighted by Crippen LogP contribution is 2.29. The summed E-state index contributed by atoms with van der Waals surface area (Å²) in [5, 5.41) is 8.85. The summed E-state index contributed by atoms with van der Waals surface area (Å²) < 4.78 is 32.1. The average molecular weight is 315 g/mol. The number of rotatable bonds is 5. The highest BCUT2D eigenvalue weighted by molar-refractivity contribution is 7.89. The number of carbonyl (C=O) groups is 1. The maximum atomic E-state index is 12.3. The molecule has 1 aromatic rings. The molecule has 21 heavy (non-hydrogen) atoms. The van der Waals surface area contributed by atoms with E-state index < -0.39 is 16.0 Å². The molecule has 1 aromatic heterocycles. The van der Waals surface area contributed by atoms with E-state index in [1.54, 1.807) is 0 Å². The maximum Gasteiger partial charge on any atom is 0.371 e. The Morgan fingerprint density at radius 2 is 2.10 bits per heavy atom. The standard InChI is InChI=1S/C14H21NO5S/c1-9-5-3-4-6-11(9)8-15-21(18,19)13-7-12(14(16)17)20-10(13)2/h7,9,11,15H,3-6,8H2,1-2H3,(H,16,17). The fourth-order valence-corrected chi connectivity index (χ4v) is 4.10. The largest absolute Gasteiger partial charge is 0.475 e. The van der Waals surface area contributed by atoms with Crippen LogP contribution in [-0.4, -0.2) is 26.0 Å². The number of carboxylic acid groups (broad SMARTS) is 1. The smallest absolute Gasteiger partial charge is 0.371 e. The second-order valence-corrected chi connectivity index (χ2v) is 7.45. The Morgan fingerprint density at radius 1 is 1.43 bits per heavy atom. The lowest BCUT2D eigenvalue weighted by Gasteiger charge is -2.28. The van der Waals surface area contributed by atoms with E-state index in [0.29, 0.717) is 18.4 Å². The van der Waals surface area contributed by atoms with Crippen LogP contribution in [0.25, 0.3) is 0 Å². The number of sulfonamides is 1. The first-order valence-electron chi connectivity index (χ1n) is 7.14. The monoisotopic (exact) mass is 315 g/mol. The molecule has 7 heteroatoms. The predicted octanol–water partition coefficient (Wildman–Crippen LogP) is 2.39. The van der Waals surface area contributed by atoms with Crippen LogP contribution >= 0.6 is 0 Å². The third kappa shape index (κ3) is 3.65. The first-order chi connectivity index (χ1) is 9.81. The van der Waals surface area contributed by atoms with E-state index in [9.17, 15) is 13.2 Å². The summed E-state index contributed by atoms with van der Waals surface area (Å²) in [5.74, 6) is -0.711. The zero-order valence-electron chi connectivity index (χ0n) is 12.3. The molecule has 2 unspecified atom stereocenters. The van der Waals surface area contributed by atoms with Crippen LogP contribution in [0.5, 0.6) is 0 Å². The molecular formula is C14H21NO5S. The number of aromatic carboxylic acids is 1. The number of aryl methyl sites for hydroxylation is 1. The van der Waals surface area contributed by atoms with Gasteiger partial charge in [0.05, 0.1) is 0 Å². The van der Waals surface area contributed by atoms with Gasteiger partial charge < -0.3 is 9.52 Å².